The summed E-state index contributed by atoms with van der Waals surface area (Å²) in [6.45, 7) is 6.40. The summed E-state index contributed by atoms with van der Waals surface area (Å²) in [4.78, 5) is 14.1. The summed E-state index contributed by atoms with van der Waals surface area (Å²) in [5.74, 6) is -0.114. The minimum atomic E-state index is -0.114. The number of ether oxygens (including phenoxy) is 1. The molecule has 1 aliphatic heterocycles. The van der Waals surface area contributed by atoms with Gasteiger partial charge < -0.3 is 10.1 Å². The van der Waals surface area contributed by atoms with E-state index in [4.69, 9.17) is 4.74 Å². The van der Waals surface area contributed by atoms with Gasteiger partial charge in [-0.05, 0) is 31.4 Å². The molecular formula is C12H17NO2S. The third-order valence-corrected chi connectivity index (χ3v) is 4.29. The molecule has 1 aromatic heterocycles. The van der Waals surface area contributed by atoms with Crippen molar-refractivity contribution in [3.63, 3.8) is 0 Å². The van der Waals surface area contributed by atoms with Gasteiger partial charge in [-0.2, -0.15) is 0 Å². The van der Waals surface area contributed by atoms with Gasteiger partial charge in [0.2, 0.25) is 0 Å². The van der Waals surface area contributed by atoms with E-state index >= 15 is 0 Å². The van der Waals surface area contributed by atoms with Crippen LogP contribution in [-0.2, 0) is 28.9 Å². The lowest BCUT2D eigenvalue weighted by Gasteiger charge is -2.12. The van der Waals surface area contributed by atoms with E-state index in [0.29, 0.717) is 13.0 Å². The van der Waals surface area contributed by atoms with E-state index in [1.54, 1.807) is 11.3 Å². The molecule has 3 nitrogen and oxygen atoms in total. The van der Waals surface area contributed by atoms with Gasteiger partial charge in [-0.25, -0.2) is 0 Å². The first kappa shape index (κ1) is 11.6. The van der Waals surface area contributed by atoms with Gasteiger partial charge >= 0.3 is 5.97 Å². The minimum absolute atomic E-state index is 0.114. The molecule has 4 heteroatoms. The number of rotatable bonds is 3. The van der Waals surface area contributed by atoms with E-state index in [1.165, 1.54) is 20.9 Å². The number of hydrogen-bond acceptors (Lipinski definition) is 4. The Morgan fingerprint density at radius 3 is 3.06 bits per heavy atom. The summed E-state index contributed by atoms with van der Waals surface area (Å²) in [5, 5.41) is 3.36. The van der Waals surface area contributed by atoms with E-state index in [2.05, 4.69) is 12.2 Å². The first-order valence-electron chi connectivity index (χ1n) is 5.68. The molecule has 0 spiro atoms. The number of carbonyl (C=O) groups is 1. The average molecular weight is 239 g/mol. The van der Waals surface area contributed by atoms with Gasteiger partial charge in [-0.3, -0.25) is 4.79 Å². The Bertz CT molecular complexity index is 398. The van der Waals surface area contributed by atoms with Crippen LogP contribution in [0.1, 0.15) is 27.8 Å². The van der Waals surface area contributed by atoms with Crippen molar-refractivity contribution < 1.29 is 9.53 Å². The number of hydrogen-bond donors (Lipinski definition) is 1. The second-order valence-corrected chi connectivity index (χ2v) is 5.15. The highest BCUT2D eigenvalue weighted by molar-refractivity contribution is 7.12. The Morgan fingerprint density at radius 1 is 1.56 bits per heavy atom. The molecule has 0 amide bonds. The van der Waals surface area contributed by atoms with Crippen molar-refractivity contribution in [3.8, 4) is 0 Å². The summed E-state index contributed by atoms with van der Waals surface area (Å²) in [6, 6.07) is 0. The Hall–Kier alpha value is -0.870. The zero-order valence-corrected chi connectivity index (χ0v) is 10.6. The first-order chi connectivity index (χ1) is 7.72. The van der Waals surface area contributed by atoms with Crippen molar-refractivity contribution in [2.45, 2.75) is 33.2 Å². The third-order valence-electron chi connectivity index (χ3n) is 2.89. The van der Waals surface area contributed by atoms with Crippen molar-refractivity contribution in [2.75, 3.05) is 13.2 Å². The first-order valence-corrected chi connectivity index (χ1v) is 6.50. The molecule has 1 N–H and O–H groups in total. The number of nitrogens with one attached hydrogen (secondary N) is 1. The molecular weight excluding hydrogens is 222 g/mol. The summed E-state index contributed by atoms with van der Waals surface area (Å²) < 4.78 is 4.98. The molecule has 1 aliphatic rings. The summed E-state index contributed by atoms with van der Waals surface area (Å²) in [7, 11) is 0. The predicted molar refractivity (Wildman–Crippen MR) is 64.8 cm³/mol. The number of carbonyl (C=O) groups excluding carboxylic acids is 1. The highest BCUT2D eigenvalue weighted by atomic mass is 32.1. The lowest BCUT2D eigenvalue weighted by molar-refractivity contribution is -0.142. The van der Waals surface area contributed by atoms with Crippen LogP contribution in [0.5, 0.6) is 0 Å². The molecule has 16 heavy (non-hydrogen) atoms. The molecule has 0 saturated carbocycles. The Labute approximate surface area is 99.8 Å². The highest BCUT2D eigenvalue weighted by Gasteiger charge is 2.19. The van der Waals surface area contributed by atoms with Gasteiger partial charge in [0.1, 0.15) is 0 Å². The number of thiophene rings is 1. The maximum absolute atomic E-state index is 11.4. The molecule has 2 rings (SSSR count). The molecule has 1 aromatic rings. The monoisotopic (exact) mass is 239 g/mol. The maximum Gasteiger partial charge on any atom is 0.311 e. The standard InChI is InChI=1S/C12H17NO2S/c1-3-15-12(14)6-11-8(2)9-7-13-5-4-10(9)16-11/h13H,3-7H2,1-2H3. The molecule has 0 saturated heterocycles. The van der Waals surface area contributed by atoms with E-state index in [-0.39, 0.29) is 5.97 Å². The Morgan fingerprint density at radius 2 is 2.38 bits per heavy atom. The predicted octanol–water partition coefficient (Wildman–Crippen LogP) is 1.81. The van der Waals surface area contributed by atoms with Crippen LogP contribution in [0.3, 0.4) is 0 Å². The third kappa shape index (κ3) is 2.28. The van der Waals surface area contributed by atoms with Crippen LogP contribution >= 0.6 is 11.3 Å². The van der Waals surface area contributed by atoms with Gasteiger partial charge in [-0.15, -0.1) is 11.3 Å². The zero-order chi connectivity index (χ0) is 11.5. The van der Waals surface area contributed by atoms with Crippen molar-refractivity contribution in [3.05, 3.63) is 20.9 Å². The van der Waals surface area contributed by atoms with Crippen LogP contribution in [0, 0.1) is 6.92 Å². The van der Waals surface area contributed by atoms with Crippen molar-refractivity contribution in [1.82, 2.24) is 5.32 Å². The van der Waals surface area contributed by atoms with Gasteiger partial charge in [0.05, 0.1) is 13.0 Å². The Balaban J connectivity index is 2.15. The molecule has 0 atom stereocenters. The van der Waals surface area contributed by atoms with E-state index in [9.17, 15) is 4.79 Å². The molecule has 0 radical (unpaired) electrons. The summed E-state index contributed by atoms with van der Waals surface area (Å²) >= 11 is 1.78. The quantitative estimate of drug-likeness (QED) is 0.818. The lowest BCUT2D eigenvalue weighted by atomic mass is 10.0. The minimum Gasteiger partial charge on any atom is -0.466 e. The number of esters is 1. The fourth-order valence-corrected chi connectivity index (χ4v) is 3.34. The molecule has 0 unspecified atom stereocenters. The maximum atomic E-state index is 11.4. The van der Waals surface area contributed by atoms with Crippen molar-refractivity contribution >= 4 is 17.3 Å². The number of fused-ring (bicyclic) bond motifs is 1. The van der Waals surface area contributed by atoms with Crippen molar-refractivity contribution in [2.24, 2.45) is 0 Å². The normalized spacial score (nSPS) is 14.6. The van der Waals surface area contributed by atoms with Gasteiger partial charge in [-0.1, -0.05) is 0 Å². The fourth-order valence-electron chi connectivity index (χ4n) is 2.02. The lowest BCUT2D eigenvalue weighted by Crippen LogP contribution is -2.22. The van der Waals surface area contributed by atoms with Crippen LogP contribution in [0.2, 0.25) is 0 Å². The second kappa shape index (κ2) is 4.97. The largest absolute Gasteiger partial charge is 0.466 e. The van der Waals surface area contributed by atoms with Gasteiger partial charge in [0, 0.05) is 22.8 Å². The molecule has 0 aromatic carbocycles. The highest BCUT2D eigenvalue weighted by Crippen LogP contribution is 2.30. The molecule has 2 heterocycles. The average Bonchev–Trinajstić information content (AvgIpc) is 2.57. The SMILES string of the molecule is CCOC(=O)Cc1sc2c(c1C)CNCC2. The van der Waals surface area contributed by atoms with Crippen LogP contribution in [0.15, 0.2) is 0 Å². The summed E-state index contributed by atoms with van der Waals surface area (Å²) in [5.41, 5.74) is 2.68. The molecule has 0 fully saturated rings. The molecule has 0 bridgehead atoms. The van der Waals surface area contributed by atoms with E-state index in [0.717, 1.165) is 19.5 Å². The molecule has 88 valence electrons. The second-order valence-electron chi connectivity index (χ2n) is 3.96. The topological polar surface area (TPSA) is 38.3 Å². The Kier molecular flexibility index (Phi) is 3.61. The van der Waals surface area contributed by atoms with Gasteiger partial charge in [0.25, 0.3) is 0 Å². The van der Waals surface area contributed by atoms with Crippen molar-refractivity contribution in [1.29, 1.82) is 0 Å². The van der Waals surface area contributed by atoms with E-state index < -0.39 is 0 Å². The van der Waals surface area contributed by atoms with Crippen LogP contribution in [0.4, 0.5) is 0 Å². The smallest absolute Gasteiger partial charge is 0.311 e. The molecule has 0 aliphatic carbocycles. The summed E-state index contributed by atoms with van der Waals surface area (Å²) in [6.07, 6.45) is 1.51. The van der Waals surface area contributed by atoms with Crippen LogP contribution in [-0.4, -0.2) is 19.1 Å². The van der Waals surface area contributed by atoms with Gasteiger partial charge in [0.15, 0.2) is 0 Å². The van der Waals surface area contributed by atoms with Crippen LogP contribution in [0.25, 0.3) is 0 Å². The fraction of sp³-hybridized carbons (Fsp3) is 0.583. The van der Waals surface area contributed by atoms with Crippen LogP contribution < -0.4 is 5.32 Å². The zero-order valence-electron chi connectivity index (χ0n) is 9.76. The van der Waals surface area contributed by atoms with E-state index in [1.807, 2.05) is 6.92 Å².